The standard InChI is InChI=1S/C35H42N6O5S/c1-5-17-38(22-41-27-12-9-8-11-26(27)36-37-41)34(45)31-35-23(4)21-28(47-35)29(30(35)33(44)40(31)19-10-20-42)32(43)39(18-6-2)24-13-15-25(16-14-24)46-7-3/h5-6,8-9,11-16,23,28-31,42H,1-2,7,10,17-22H2,3-4H3/t23?,28-,29+,30+,31?,35?/m1/s1. The second-order valence-electron chi connectivity index (χ2n) is 12.4. The lowest BCUT2D eigenvalue weighted by atomic mass is 9.65. The van der Waals surface area contributed by atoms with Crippen LogP contribution in [0.5, 0.6) is 5.75 Å². The molecule has 1 N–H and O–H groups in total. The van der Waals surface area contributed by atoms with E-state index in [1.165, 1.54) is 0 Å². The summed E-state index contributed by atoms with van der Waals surface area (Å²) < 4.78 is 6.48. The number of carbonyl (C=O) groups excluding carboxylic acids is 3. The van der Waals surface area contributed by atoms with Crippen molar-refractivity contribution in [3.63, 3.8) is 0 Å². The van der Waals surface area contributed by atoms with Crippen molar-refractivity contribution in [1.29, 1.82) is 0 Å². The van der Waals surface area contributed by atoms with Crippen molar-refractivity contribution >= 4 is 46.2 Å². The van der Waals surface area contributed by atoms with E-state index in [4.69, 9.17) is 4.74 Å². The van der Waals surface area contributed by atoms with E-state index < -0.39 is 22.6 Å². The molecular formula is C35H42N6O5S. The molecule has 3 unspecified atom stereocenters. The van der Waals surface area contributed by atoms with E-state index >= 15 is 0 Å². The molecule has 3 fully saturated rings. The van der Waals surface area contributed by atoms with Crippen molar-refractivity contribution in [2.75, 3.05) is 37.7 Å². The highest BCUT2D eigenvalue weighted by Gasteiger charge is 2.76. The van der Waals surface area contributed by atoms with E-state index in [1.807, 2.05) is 55.5 Å². The molecule has 248 valence electrons. The number of anilines is 1. The van der Waals surface area contributed by atoms with Crippen molar-refractivity contribution in [2.24, 2.45) is 17.8 Å². The van der Waals surface area contributed by atoms with Crippen LogP contribution in [-0.2, 0) is 21.1 Å². The number of fused-ring (bicyclic) bond motifs is 2. The normalized spacial score (nSPS) is 26.0. The zero-order valence-corrected chi connectivity index (χ0v) is 27.7. The molecule has 12 heteroatoms. The highest BCUT2D eigenvalue weighted by atomic mass is 32.2. The molecule has 3 amide bonds. The number of rotatable bonds is 14. The zero-order chi connectivity index (χ0) is 33.3. The molecule has 47 heavy (non-hydrogen) atoms. The predicted molar refractivity (Wildman–Crippen MR) is 182 cm³/mol. The van der Waals surface area contributed by atoms with Crippen LogP contribution in [0.2, 0.25) is 0 Å². The minimum Gasteiger partial charge on any atom is -0.494 e. The maximum atomic E-state index is 14.8. The van der Waals surface area contributed by atoms with Crippen LogP contribution in [0.25, 0.3) is 11.0 Å². The first-order valence-corrected chi connectivity index (χ1v) is 17.1. The minimum absolute atomic E-state index is 0.000289. The van der Waals surface area contributed by atoms with Gasteiger partial charge in [-0.15, -0.1) is 30.0 Å². The van der Waals surface area contributed by atoms with Crippen LogP contribution in [0.3, 0.4) is 0 Å². The van der Waals surface area contributed by atoms with Gasteiger partial charge < -0.3 is 24.5 Å². The van der Waals surface area contributed by atoms with Crippen molar-refractivity contribution in [2.45, 2.75) is 49.4 Å². The molecule has 4 heterocycles. The molecule has 6 atom stereocenters. The summed E-state index contributed by atoms with van der Waals surface area (Å²) in [5, 5.41) is 18.2. The van der Waals surface area contributed by atoms with Gasteiger partial charge in [0, 0.05) is 37.2 Å². The molecular weight excluding hydrogens is 616 g/mol. The number of nitrogens with zero attached hydrogens (tertiary/aromatic N) is 6. The molecule has 3 saturated heterocycles. The molecule has 3 aromatic rings. The van der Waals surface area contributed by atoms with Gasteiger partial charge in [-0.2, -0.15) is 0 Å². The van der Waals surface area contributed by atoms with Crippen LogP contribution >= 0.6 is 11.8 Å². The van der Waals surface area contributed by atoms with Gasteiger partial charge in [0.05, 0.1) is 28.7 Å². The minimum atomic E-state index is -0.817. The lowest BCUT2D eigenvalue weighted by Crippen LogP contribution is -2.57. The zero-order valence-electron chi connectivity index (χ0n) is 26.9. The van der Waals surface area contributed by atoms with E-state index in [-0.39, 0.29) is 61.8 Å². The summed E-state index contributed by atoms with van der Waals surface area (Å²) in [6, 6.07) is 14.1. The Balaban J connectivity index is 1.37. The Labute approximate surface area is 279 Å². The summed E-state index contributed by atoms with van der Waals surface area (Å²) in [7, 11) is 0. The number of carbonyl (C=O) groups is 3. The number of ether oxygens (including phenoxy) is 1. The summed E-state index contributed by atoms with van der Waals surface area (Å²) in [6.45, 7) is 13.1. The molecule has 3 aliphatic heterocycles. The molecule has 6 rings (SSSR count). The Kier molecular flexibility index (Phi) is 9.43. The van der Waals surface area contributed by atoms with E-state index in [1.54, 1.807) is 43.3 Å². The molecule has 1 spiro atoms. The number of benzene rings is 2. The predicted octanol–water partition coefficient (Wildman–Crippen LogP) is 3.74. The SMILES string of the molecule is C=CCN(Cn1nnc2ccccc21)C(=O)C1N(CCCO)C(=O)[C@@H]2[C@@H](C(=O)N(CC=C)c3ccc(OCC)cc3)[C@H]3CC(C)C12S3. The average Bonchev–Trinajstić information content (AvgIpc) is 3.80. The number of amides is 3. The fourth-order valence-corrected chi connectivity index (χ4v) is 10.2. The maximum Gasteiger partial charge on any atom is 0.248 e. The van der Waals surface area contributed by atoms with Gasteiger partial charge in [-0.3, -0.25) is 14.4 Å². The smallest absolute Gasteiger partial charge is 0.248 e. The Morgan fingerprint density at radius 1 is 1.13 bits per heavy atom. The van der Waals surface area contributed by atoms with Crippen LogP contribution < -0.4 is 9.64 Å². The van der Waals surface area contributed by atoms with Gasteiger partial charge in [-0.05, 0) is 62.1 Å². The summed E-state index contributed by atoms with van der Waals surface area (Å²) in [6.07, 6.45) is 4.39. The van der Waals surface area contributed by atoms with Crippen molar-refractivity contribution in [3.05, 3.63) is 73.8 Å². The Morgan fingerprint density at radius 2 is 1.87 bits per heavy atom. The molecule has 0 aliphatic carbocycles. The lowest BCUT2D eigenvalue weighted by Gasteiger charge is -2.41. The van der Waals surface area contributed by atoms with E-state index in [2.05, 4.69) is 30.4 Å². The third-order valence-corrected chi connectivity index (χ3v) is 11.8. The van der Waals surface area contributed by atoms with Crippen LogP contribution in [0.4, 0.5) is 5.69 Å². The van der Waals surface area contributed by atoms with Crippen molar-refractivity contribution in [1.82, 2.24) is 24.8 Å². The van der Waals surface area contributed by atoms with Gasteiger partial charge >= 0.3 is 0 Å². The van der Waals surface area contributed by atoms with E-state index in [0.717, 1.165) is 5.52 Å². The second-order valence-corrected chi connectivity index (χ2v) is 13.9. The fraction of sp³-hybridized carbons (Fsp3) is 0.457. The third-order valence-electron chi connectivity index (χ3n) is 9.74. The van der Waals surface area contributed by atoms with Crippen LogP contribution in [0.1, 0.15) is 26.7 Å². The topological polar surface area (TPSA) is 121 Å². The summed E-state index contributed by atoms with van der Waals surface area (Å²) in [4.78, 5) is 49.0. The Hall–Kier alpha value is -4.16. The highest BCUT2D eigenvalue weighted by molar-refractivity contribution is 8.02. The summed E-state index contributed by atoms with van der Waals surface area (Å²) in [5.74, 6) is -1.16. The van der Waals surface area contributed by atoms with E-state index in [9.17, 15) is 19.5 Å². The molecule has 2 bridgehead atoms. The third kappa shape index (κ3) is 5.50. The van der Waals surface area contributed by atoms with Crippen LogP contribution in [-0.4, -0.2) is 96.5 Å². The van der Waals surface area contributed by atoms with Gasteiger partial charge in [0.2, 0.25) is 17.7 Å². The Morgan fingerprint density at radius 3 is 2.57 bits per heavy atom. The largest absolute Gasteiger partial charge is 0.494 e. The molecule has 3 aliphatic rings. The van der Waals surface area contributed by atoms with Crippen molar-refractivity contribution < 1.29 is 24.2 Å². The number of aromatic nitrogens is 3. The maximum absolute atomic E-state index is 14.8. The monoisotopic (exact) mass is 658 g/mol. The quantitative estimate of drug-likeness (QED) is 0.260. The number of likely N-dealkylation sites (tertiary alicyclic amines) is 1. The number of thioether (sulfide) groups is 1. The van der Waals surface area contributed by atoms with Gasteiger partial charge in [-0.1, -0.05) is 36.4 Å². The molecule has 1 aromatic heterocycles. The molecule has 0 radical (unpaired) electrons. The first-order chi connectivity index (χ1) is 22.8. The fourth-order valence-electron chi connectivity index (χ4n) is 7.81. The number of hydrogen-bond acceptors (Lipinski definition) is 8. The van der Waals surface area contributed by atoms with Crippen LogP contribution in [0.15, 0.2) is 73.8 Å². The van der Waals surface area contributed by atoms with E-state index in [0.29, 0.717) is 36.4 Å². The Bertz CT molecular complexity index is 1660. The molecule has 0 saturated carbocycles. The lowest BCUT2D eigenvalue weighted by molar-refractivity contribution is -0.143. The first-order valence-electron chi connectivity index (χ1n) is 16.2. The molecule has 11 nitrogen and oxygen atoms in total. The van der Waals surface area contributed by atoms with Gasteiger partial charge in [0.1, 0.15) is 24.0 Å². The summed E-state index contributed by atoms with van der Waals surface area (Å²) >= 11 is 1.63. The van der Waals surface area contributed by atoms with Crippen molar-refractivity contribution in [3.8, 4) is 5.75 Å². The number of hydrogen-bond donors (Lipinski definition) is 1. The number of para-hydroxylation sites is 1. The second kappa shape index (κ2) is 13.5. The highest BCUT2D eigenvalue weighted by Crippen LogP contribution is 2.69. The summed E-state index contributed by atoms with van der Waals surface area (Å²) in [5.41, 5.74) is 2.20. The van der Waals surface area contributed by atoms with Crippen LogP contribution in [0, 0.1) is 17.8 Å². The molecule has 2 aromatic carbocycles. The first kappa shape index (κ1) is 32.8. The average molecular weight is 659 g/mol. The van der Waals surface area contributed by atoms with Gasteiger partial charge in [0.15, 0.2) is 0 Å². The van der Waals surface area contributed by atoms with Gasteiger partial charge in [-0.25, -0.2) is 4.68 Å². The van der Waals surface area contributed by atoms with Gasteiger partial charge in [0.25, 0.3) is 0 Å². The number of aliphatic hydroxyl groups is 1. The number of aliphatic hydroxyl groups excluding tert-OH is 1.